The number of hydrogen-bond acceptors (Lipinski definition) is 2. The quantitative estimate of drug-likeness (QED) is 0.593. The maximum atomic E-state index is 11.8. The molecule has 100 valence electrons. The van der Waals surface area contributed by atoms with Crippen LogP contribution in [0.1, 0.15) is 50.2 Å². The first-order chi connectivity index (χ1) is 8.54. The molecule has 0 radical (unpaired) electrons. The van der Waals surface area contributed by atoms with Crippen molar-refractivity contribution in [2.24, 2.45) is 0 Å². The number of carbonyl (C=O) groups is 1. The summed E-state index contributed by atoms with van der Waals surface area (Å²) in [5, 5.41) is 12.5. The van der Waals surface area contributed by atoms with Crippen molar-refractivity contribution in [3.63, 3.8) is 0 Å². The van der Waals surface area contributed by atoms with E-state index in [0.29, 0.717) is 6.42 Å². The van der Waals surface area contributed by atoms with Crippen LogP contribution in [0.5, 0.6) is 5.75 Å². The van der Waals surface area contributed by atoms with Gasteiger partial charge < -0.3 is 10.4 Å². The predicted molar refractivity (Wildman–Crippen MR) is 75.0 cm³/mol. The summed E-state index contributed by atoms with van der Waals surface area (Å²) in [6.07, 6.45) is 4.98. The van der Waals surface area contributed by atoms with E-state index >= 15 is 0 Å². The van der Waals surface area contributed by atoms with Crippen LogP contribution in [0.2, 0.25) is 0 Å². The molecule has 0 heterocycles. The minimum absolute atomic E-state index is 0.0549. The van der Waals surface area contributed by atoms with Gasteiger partial charge in [-0.15, -0.1) is 0 Å². The van der Waals surface area contributed by atoms with Crippen molar-refractivity contribution in [2.75, 3.05) is 5.32 Å². The van der Waals surface area contributed by atoms with Crippen molar-refractivity contribution in [2.45, 2.75) is 52.9 Å². The Morgan fingerprint density at radius 1 is 1.17 bits per heavy atom. The molecule has 1 amide bonds. The third-order valence-corrected chi connectivity index (χ3v) is 3.07. The Morgan fingerprint density at radius 3 is 2.56 bits per heavy atom. The number of aromatic hydroxyl groups is 1. The van der Waals surface area contributed by atoms with Gasteiger partial charge in [-0.1, -0.05) is 26.2 Å². The highest BCUT2D eigenvalue weighted by Crippen LogP contribution is 2.25. The molecule has 3 nitrogen and oxygen atoms in total. The molecule has 3 heteroatoms. The summed E-state index contributed by atoms with van der Waals surface area (Å²) in [4.78, 5) is 11.8. The van der Waals surface area contributed by atoms with E-state index in [1.165, 1.54) is 12.8 Å². The lowest BCUT2D eigenvalue weighted by atomic mass is 10.1. The second-order valence-electron chi connectivity index (χ2n) is 4.81. The van der Waals surface area contributed by atoms with Gasteiger partial charge in [0.1, 0.15) is 5.75 Å². The van der Waals surface area contributed by atoms with Crippen LogP contribution >= 0.6 is 0 Å². The van der Waals surface area contributed by atoms with E-state index < -0.39 is 0 Å². The molecule has 0 saturated heterocycles. The van der Waals surface area contributed by atoms with Crippen molar-refractivity contribution in [3.05, 3.63) is 23.3 Å². The van der Waals surface area contributed by atoms with Crippen molar-refractivity contribution in [1.82, 2.24) is 0 Å². The van der Waals surface area contributed by atoms with E-state index in [4.69, 9.17) is 0 Å². The largest absolute Gasteiger partial charge is 0.508 e. The minimum Gasteiger partial charge on any atom is -0.508 e. The van der Waals surface area contributed by atoms with Gasteiger partial charge in [-0.05, 0) is 43.5 Å². The van der Waals surface area contributed by atoms with Gasteiger partial charge in [-0.2, -0.15) is 0 Å². The van der Waals surface area contributed by atoms with E-state index in [2.05, 4.69) is 12.2 Å². The van der Waals surface area contributed by atoms with Crippen LogP contribution in [0.15, 0.2) is 12.1 Å². The number of aryl methyl sites for hydroxylation is 2. The van der Waals surface area contributed by atoms with E-state index in [0.717, 1.165) is 29.7 Å². The minimum atomic E-state index is 0.0549. The van der Waals surface area contributed by atoms with Crippen LogP contribution in [-0.4, -0.2) is 11.0 Å². The molecule has 0 aliphatic heterocycles. The van der Waals surface area contributed by atoms with Crippen LogP contribution in [0.3, 0.4) is 0 Å². The Bertz CT molecular complexity index is 413. The van der Waals surface area contributed by atoms with E-state index in [1.807, 2.05) is 19.9 Å². The first-order valence-corrected chi connectivity index (χ1v) is 6.64. The number of benzene rings is 1. The predicted octanol–water partition coefficient (Wildman–Crippen LogP) is 3.92. The van der Waals surface area contributed by atoms with E-state index in [9.17, 15) is 9.90 Å². The second-order valence-corrected chi connectivity index (χ2v) is 4.81. The summed E-state index contributed by atoms with van der Waals surface area (Å²) in [6, 6.07) is 3.50. The van der Waals surface area contributed by atoms with Gasteiger partial charge in [0.25, 0.3) is 0 Å². The molecular formula is C15H23NO2. The molecule has 1 aromatic carbocycles. The highest BCUT2D eigenvalue weighted by atomic mass is 16.3. The monoisotopic (exact) mass is 249 g/mol. The lowest BCUT2D eigenvalue weighted by Gasteiger charge is -2.10. The van der Waals surface area contributed by atoms with Gasteiger partial charge in [-0.3, -0.25) is 4.79 Å². The Balaban J connectivity index is 2.51. The van der Waals surface area contributed by atoms with Crippen LogP contribution < -0.4 is 5.32 Å². The van der Waals surface area contributed by atoms with Gasteiger partial charge in [0, 0.05) is 12.1 Å². The van der Waals surface area contributed by atoms with Gasteiger partial charge >= 0.3 is 0 Å². The number of anilines is 1. The molecule has 0 atom stereocenters. The normalized spacial score (nSPS) is 10.4. The molecule has 0 bridgehead atoms. The second kappa shape index (κ2) is 7.04. The number of phenolic OH excluding ortho intramolecular Hbond substituents is 1. The van der Waals surface area contributed by atoms with Gasteiger partial charge in [0.15, 0.2) is 0 Å². The number of unbranched alkanes of at least 4 members (excludes halogenated alkanes) is 3. The van der Waals surface area contributed by atoms with Crippen molar-refractivity contribution < 1.29 is 9.90 Å². The van der Waals surface area contributed by atoms with Crippen LogP contribution in [0.25, 0.3) is 0 Å². The standard InChI is InChI=1S/C15H23NO2/c1-4-5-6-7-8-15(18)16-13-9-12(3)14(17)10-11(13)2/h9-10,17H,4-8H2,1-3H3,(H,16,18). The Hall–Kier alpha value is -1.51. The molecule has 1 rings (SSSR count). The molecule has 0 aromatic heterocycles. The zero-order valence-electron chi connectivity index (χ0n) is 11.5. The molecule has 0 spiro atoms. The number of amides is 1. The highest BCUT2D eigenvalue weighted by molar-refractivity contribution is 5.91. The number of hydrogen-bond donors (Lipinski definition) is 2. The summed E-state index contributed by atoms with van der Waals surface area (Å²) >= 11 is 0. The fourth-order valence-corrected chi connectivity index (χ4v) is 1.86. The van der Waals surface area contributed by atoms with Gasteiger partial charge in [0.05, 0.1) is 0 Å². The fraction of sp³-hybridized carbons (Fsp3) is 0.533. The van der Waals surface area contributed by atoms with E-state index in [-0.39, 0.29) is 11.7 Å². The maximum absolute atomic E-state index is 11.8. The molecule has 0 aliphatic carbocycles. The maximum Gasteiger partial charge on any atom is 0.224 e. The number of carbonyl (C=O) groups excluding carboxylic acids is 1. The van der Waals surface area contributed by atoms with Crippen LogP contribution in [0, 0.1) is 13.8 Å². The zero-order valence-corrected chi connectivity index (χ0v) is 11.5. The lowest BCUT2D eigenvalue weighted by Crippen LogP contribution is -2.12. The Kier molecular flexibility index (Phi) is 5.69. The van der Waals surface area contributed by atoms with E-state index in [1.54, 1.807) is 6.07 Å². The average Bonchev–Trinajstić information content (AvgIpc) is 2.32. The SMILES string of the molecule is CCCCCCC(=O)Nc1cc(C)c(O)cc1C. The molecular weight excluding hydrogens is 226 g/mol. The average molecular weight is 249 g/mol. The molecule has 0 unspecified atom stereocenters. The van der Waals surface area contributed by atoms with Crippen molar-refractivity contribution in [3.8, 4) is 5.75 Å². The van der Waals surface area contributed by atoms with Gasteiger partial charge in [0.2, 0.25) is 5.91 Å². The summed E-state index contributed by atoms with van der Waals surface area (Å²) in [7, 11) is 0. The molecule has 18 heavy (non-hydrogen) atoms. The van der Waals surface area contributed by atoms with Gasteiger partial charge in [-0.25, -0.2) is 0 Å². The lowest BCUT2D eigenvalue weighted by molar-refractivity contribution is -0.116. The molecule has 0 saturated carbocycles. The third kappa shape index (κ3) is 4.40. The number of nitrogens with one attached hydrogen (secondary N) is 1. The first-order valence-electron chi connectivity index (χ1n) is 6.64. The topological polar surface area (TPSA) is 49.3 Å². The van der Waals surface area contributed by atoms with Crippen molar-refractivity contribution in [1.29, 1.82) is 0 Å². The summed E-state index contributed by atoms with van der Waals surface area (Å²) in [5.41, 5.74) is 2.47. The smallest absolute Gasteiger partial charge is 0.224 e. The summed E-state index contributed by atoms with van der Waals surface area (Å²) < 4.78 is 0. The third-order valence-electron chi connectivity index (χ3n) is 3.07. The zero-order chi connectivity index (χ0) is 13.5. The molecule has 0 fully saturated rings. The first kappa shape index (κ1) is 14.6. The fourth-order valence-electron chi connectivity index (χ4n) is 1.86. The summed E-state index contributed by atoms with van der Waals surface area (Å²) in [5.74, 6) is 0.327. The molecule has 1 aromatic rings. The molecule has 2 N–H and O–H groups in total. The van der Waals surface area contributed by atoms with Crippen LogP contribution in [0.4, 0.5) is 5.69 Å². The molecule has 0 aliphatic rings. The Labute approximate surface area is 109 Å². The van der Waals surface area contributed by atoms with Crippen LogP contribution in [-0.2, 0) is 4.79 Å². The van der Waals surface area contributed by atoms with Crippen molar-refractivity contribution >= 4 is 11.6 Å². The Morgan fingerprint density at radius 2 is 1.89 bits per heavy atom. The number of rotatable bonds is 6. The number of phenols is 1. The summed E-state index contributed by atoms with van der Waals surface area (Å²) in [6.45, 7) is 5.86. The highest BCUT2D eigenvalue weighted by Gasteiger charge is 2.07.